The van der Waals surface area contributed by atoms with Crippen molar-refractivity contribution in [3.05, 3.63) is 83.8 Å². The molecule has 30 heavy (non-hydrogen) atoms. The number of nitrogens with zero attached hydrogens (tertiary/aromatic N) is 3. The molecule has 2 aliphatic heterocycles. The number of hydrogen-bond donors (Lipinski definition) is 1. The smallest absolute Gasteiger partial charge is 0.235 e. The van der Waals surface area contributed by atoms with E-state index in [-0.39, 0.29) is 23.2 Å². The van der Waals surface area contributed by atoms with Gasteiger partial charge in [0.25, 0.3) is 0 Å². The van der Waals surface area contributed by atoms with Crippen molar-refractivity contribution in [2.24, 2.45) is 5.41 Å². The van der Waals surface area contributed by atoms with Crippen molar-refractivity contribution < 1.29 is 9.18 Å². The highest BCUT2D eigenvalue weighted by molar-refractivity contribution is 6.02. The Hall–Kier alpha value is -3.25. The lowest BCUT2D eigenvalue weighted by Crippen LogP contribution is -2.30. The standard InChI is InChI=1S/C24H21FN4O/c25-17-6-8-18(9-7-17)29-20-10-11-22(27-19(20)15-26-29)28-21(16-4-2-1-3-5-16)14-24(12-13-24)23(28)30/h1-11,21,26H,12-15H2. The molecule has 0 radical (unpaired) electrons. The molecular weight excluding hydrogens is 379 g/mol. The van der Waals surface area contributed by atoms with E-state index >= 15 is 0 Å². The van der Waals surface area contributed by atoms with Gasteiger partial charge in [-0.1, -0.05) is 30.3 Å². The first-order valence-electron chi connectivity index (χ1n) is 10.3. The molecule has 5 nitrogen and oxygen atoms in total. The molecular formula is C24H21FN4O. The van der Waals surface area contributed by atoms with Gasteiger partial charge >= 0.3 is 0 Å². The second-order valence-corrected chi connectivity index (χ2v) is 8.37. The van der Waals surface area contributed by atoms with Gasteiger partial charge in [0.2, 0.25) is 5.91 Å². The van der Waals surface area contributed by atoms with E-state index in [1.54, 1.807) is 12.1 Å². The zero-order valence-corrected chi connectivity index (χ0v) is 16.4. The molecule has 1 aromatic heterocycles. The summed E-state index contributed by atoms with van der Waals surface area (Å²) in [6.07, 6.45) is 2.79. The number of anilines is 3. The summed E-state index contributed by atoms with van der Waals surface area (Å²) in [7, 11) is 0. The van der Waals surface area contributed by atoms with Crippen LogP contribution in [0.4, 0.5) is 21.6 Å². The minimum Gasteiger partial charge on any atom is -0.289 e. The number of pyridine rings is 1. The van der Waals surface area contributed by atoms with E-state index in [9.17, 15) is 9.18 Å². The lowest BCUT2D eigenvalue weighted by Gasteiger charge is -2.25. The number of benzene rings is 2. The molecule has 3 aromatic rings. The van der Waals surface area contributed by atoms with Crippen LogP contribution in [0.25, 0.3) is 0 Å². The number of fused-ring (bicyclic) bond motifs is 1. The summed E-state index contributed by atoms with van der Waals surface area (Å²) in [6, 6.07) is 20.5. The minimum atomic E-state index is -0.264. The Labute approximate surface area is 174 Å². The van der Waals surface area contributed by atoms with Crippen molar-refractivity contribution in [3.8, 4) is 0 Å². The number of amides is 1. The zero-order valence-electron chi connectivity index (χ0n) is 16.4. The molecule has 2 fully saturated rings. The SMILES string of the molecule is O=C1N(c2ccc3c(n2)CNN3c2ccc(F)cc2)C(c2ccccc2)CC12CC2. The third-order valence-corrected chi connectivity index (χ3v) is 6.52. The molecule has 3 heterocycles. The Morgan fingerprint density at radius 3 is 2.50 bits per heavy atom. The van der Waals surface area contributed by atoms with E-state index in [0.29, 0.717) is 12.4 Å². The van der Waals surface area contributed by atoms with Gasteiger partial charge in [0, 0.05) is 0 Å². The number of nitrogens with one attached hydrogen (secondary N) is 1. The molecule has 0 bridgehead atoms. The monoisotopic (exact) mass is 400 g/mol. The highest BCUT2D eigenvalue weighted by atomic mass is 19.1. The molecule has 1 aliphatic carbocycles. The number of rotatable bonds is 3. The number of hydrogen-bond acceptors (Lipinski definition) is 4. The Bertz CT molecular complexity index is 1130. The summed E-state index contributed by atoms with van der Waals surface area (Å²) < 4.78 is 13.3. The van der Waals surface area contributed by atoms with E-state index < -0.39 is 0 Å². The Kier molecular flexibility index (Phi) is 3.74. The van der Waals surface area contributed by atoms with Crippen LogP contribution in [-0.4, -0.2) is 10.9 Å². The number of carbonyl (C=O) groups excluding carboxylic acids is 1. The third-order valence-electron chi connectivity index (χ3n) is 6.52. The van der Waals surface area contributed by atoms with Gasteiger partial charge in [0.15, 0.2) is 0 Å². The highest BCUT2D eigenvalue weighted by Gasteiger charge is 2.60. The number of hydrazine groups is 1. The van der Waals surface area contributed by atoms with E-state index in [2.05, 4.69) is 17.6 Å². The first kappa shape index (κ1) is 17.6. The highest BCUT2D eigenvalue weighted by Crippen LogP contribution is 2.60. The summed E-state index contributed by atoms with van der Waals surface area (Å²) in [5.41, 5.74) is 6.92. The first-order chi connectivity index (χ1) is 14.6. The van der Waals surface area contributed by atoms with Crippen LogP contribution >= 0.6 is 0 Å². The van der Waals surface area contributed by atoms with Crippen LogP contribution in [0.2, 0.25) is 0 Å². The maximum Gasteiger partial charge on any atom is 0.235 e. The topological polar surface area (TPSA) is 48.5 Å². The van der Waals surface area contributed by atoms with Crippen LogP contribution in [0.15, 0.2) is 66.7 Å². The molecule has 150 valence electrons. The lowest BCUT2D eigenvalue weighted by atomic mass is 9.98. The fraction of sp³-hybridized carbons (Fsp3) is 0.250. The van der Waals surface area contributed by atoms with Crippen molar-refractivity contribution in [1.29, 1.82) is 0 Å². The number of halogens is 1. The Balaban J connectivity index is 1.37. The van der Waals surface area contributed by atoms with Crippen LogP contribution in [-0.2, 0) is 11.3 Å². The largest absolute Gasteiger partial charge is 0.289 e. The Morgan fingerprint density at radius 2 is 1.77 bits per heavy atom. The average Bonchev–Trinajstić information content (AvgIpc) is 3.35. The molecule has 6 heteroatoms. The maximum atomic E-state index is 13.3. The first-order valence-corrected chi connectivity index (χ1v) is 10.3. The fourth-order valence-corrected chi connectivity index (χ4v) is 4.73. The second kappa shape index (κ2) is 6.37. The lowest BCUT2D eigenvalue weighted by molar-refractivity contribution is -0.121. The molecule has 1 unspecified atom stereocenters. The van der Waals surface area contributed by atoms with Gasteiger partial charge in [-0.25, -0.2) is 14.8 Å². The molecule has 1 spiro atoms. The van der Waals surface area contributed by atoms with Gasteiger partial charge < -0.3 is 0 Å². The molecule has 1 amide bonds. The van der Waals surface area contributed by atoms with Gasteiger partial charge in [-0.05, 0) is 61.2 Å². The number of aromatic nitrogens is 1. The van der Waals surface area contributed by atoms with Gasteiger partial charge in [0.05, 0.1) is 35.1 Å². The van der Waals surface area contributed by atoms with Crippen LogP contribution in [0.5, 0.6) is 0 Å². The van der Waals surface area contributed by atoms with Gasteiger partial charge in [-0.15, -0.1) is 0 Å². The van der Waals surface area contributed by atoms with E-state index in [4.69, 9.17) is 4.98 Å². The Morgan fingerprint density at radius 1 is 1.00 bits per heavy atom. The van der Waals surface area contributed by atoms with Gasteiger partial charge in [0.1, 0.15) is 11.6 Å². The van der Waals surface area contributed by atoms with Crippen molar-refractivity contribution >= 4 is 23.1 Å². The summed E-state index contributed by atoms with van der Waals surface area (Å²) in [6.45, 7) is 0.559. The normalized spacial score (nSPS) is 21.4. The molecule has 1 N–H and O–H groups in total. The van der Waals surface area contributed by atoms with Crippen LogP contribution < -0.4 is 15.3 Å². The molecule has 1 atom stereocenters. The summed E-state index contributed by atoms with van der Waals surface area (Å²) >= 11 is 0. The quantitative estimate of drug-likeness (QED) is 0.696. The predicted octanol–water partition coefficient (Wildman–Crippen LogP) is 4.64. The molecule has 6 rings (SSSR count). The van der Waals surface area contributed by atoms with Crippen LogP contribution in [0, 0.1) is 11.2 Å². The van der Waals surface area contributed by atoms with Crippen molar-refractivity contribution in [2.45, 2.75) is 31.8 Å². The van der Waals surface area contributed by atoms with E-state index in [0.717, 1.165) is 41.9 Å². The minimum absolute atomic E-state index is 0.0225. The summed E-state index contributed by atoms with van der Waals surface area (Å²) in [5.74, 6) is 0.643. The van der Waals surface area contributed by atoms with Gasteiger partial charge in [-0.3, -0.25) is 14.7 Å². The maximum absolute atomic E-state index is 13.3. The van der Waals surface area contributed by atoms with E-state index in [1.807, 2.05) is 40.2 Å². The van der Waals surface area contributed by atoms with Crippen molar-refractivity contribution in [2.75, 3.05) is 9.91 Å². The van der Waals surface area contributed by atoms with Crippen LogP contribution in [0.3, 0.4) is 0 Å². The second-order valence-electron chi connectivity index (χ2n) is 8.37. The fourth-order valence-electron chi connectivity index (χ4n) is 4.73. The molecule has 1 saturated heterocycles. The van der Waals surface area contributed by atoms with Crippen LogP contribution in [0.1, 0.15) is 36.6 Å². The molecule has 2 aromatic carbocycles. The molecule has 1 saturated carbocycles. The predicted molar refractivity (Wildman–Crippen MR) is 113 cm³/mol. The van der Waals surface area contributed by atoms with Gasteiger partial charge in [-0.2, -0.15) is 0 Å². The van der Waals surface area contributed by atoms with E-state index in [1.165, 1.54) is 12.1 Å². The summed E-state index contributed by atoms with van der Waals surface area (Å²) in [5, 5.41) is 1.91. The number of carbonyl (C=O) groups is 1. The average molecular weight is 400 g/mol. The summed E-state index contributed by atoms with van der Waals surface area (Å²) in [4.78, 5) is 20.1. The van der Waals surface area contributed by atoms with Crippen molar-refractivity contribution in [3.63, 3.8) is 0 Å². The zero-order chi connectivity index (χ0) is 20.3. The molecule has 3 aliphatic rings. The van der Waals surface area contributed by atoms with Crippen molar-refractivity contribution in [1.82, 2.24) is 10.4 Å². The third kappa shape index (κ3) is 2.64.